The second-order valence-electron chi connectivity index (χ2n) is 8.30. The number of hydrogen-bond donors (Lipinski definition) is 0. The van der Waals surface area contributed by atoms with Crippen LogP contribution in [0.2, 0.25) is 14.8 Å². The SMILES string of the molecule is CC(C)(C)OC(=O)N(CCCCl)[CH](/C=C/c1ccccc1)[Sn]([CH3])([CH3])[CH3]. The molecule has 0 aromatic heterocycles. The molecule has 1 rings (SSSR count). The van der Waals surface area contributed by atoms with Crippen LogP contribution in [0, 0.1) is 0 Å². The fraction of sp³-hybridized carbons (Fsp3) is 0.550. The Morgan fingerprint density at radius 2 is 1.84 bits per heavy atom. The Kier molecular flexibility index (Phi) is 8.82. The Labute approximate surface area is 162 Å². The van der Waals surface area contributed by atoms with E-state index in [-0.39, 0.29) is 10.2 Å². The topological polar surface area (TPSA) is 29.5 Å². The summed E-state index contributed by atoms with van der Waals surface area (Å²) < 4.78 is 5.79. The van der Waals surface area contributed by atoms with Gasteiger partial charge in [-0.25, -0.2) is 0 Å². The molecule has 0 heterocycles. The van der Waals surface area contributed by atoms with Crippen LogP contribution in [0.1, 0.15) is 32.8 Å². The summed E-state index contributed by atoms with van der Waals surface area (Å²) in [6, 6.07) is 10.2. The van der Waals surface area contributed by atoms with Gasteiger partial charge in [-0.3, -0.25) is 0 Å². The van der Waals surface area contributed by atoms with Gasteiger partial charge in [-0.05, 0) is 0 Å². The summed E-state index contributed by atoms with van der Waals surface area (Å²) in [7, 11) is 0. The van der Waals surface area contributed by atoms with Crippen molar-refractivity contribution in [2.45, 2.75) is 51.7 Å². The quantitative estimate of drug-likeness (QED) is 0.370. The van der Waals surface area contributed by atoms with Crippen molar-refractivity contribution in [2.24, 2.45) is 0 Å². The molecule has 1 amide bonds. The molecule has 0 aliphatic heterocycles. The summed E-state index contributed by atoms with van der Waals surface area (Å²) >= 11 is 3.40. The van der Waals surface area contributed by atoms with Crippen LogP contribution in [0.15, 0.2) is 36.4 Å². The number of ether oxygens (including phenoxy) is 1. The molecule has 140 valence electrons. The summed E-state index contributed by atoms with van der Waals surface area (Å²) in [6.45, 7) is 6.33. The van der Waals surface area contributed by atoms with Crippen molar-refractivity contribution in [3.8, 4) is 0 Å². The van der Waals surface area contributed by atoms with E-state index in [1.165, 1.54) is 0 Å². The third-order valence-electron chi connectivity index (χ3n) is 3.65. The summed E-state index contributed by atoms with van der Waals surface area (Å²) in [6.07, 6.45) is 4.82. The Hall–Kier alpha value is -0.681. The first-order valence-electron chi connectivity index (χ1n) is 8.83. The molecule has 5 heteroatoms. The van der Waals surface area contributed by atoms with E-state index >= 15 is 0 Å². The third kappa shape index (κ3) is 8.50. The molecular weight excluding hydrogens is 440 g/mol. The van der Waals surface area contributed by atoms with Crippen molar-refractivity contribution in [2.75, 3.05) is 12.4 Å². The van der Waals surface area contributed by atoms with Gasteiger partial charge in [0.25, 0.3) is 0 Å². The fourth-order valence-electron chi connectivity index (χ4n) is 2.52. The van der Waals surface area contributed by atoms with Gasteiger partial charge in [-0.15, -0.1) is 0 Å². The number of nitrogens with zero attached hydrogens (tertiary/aromatic N) is 1. The zero-order chi connectivity index (χ0) is 19.1. The zero-order valence-electron chi connectivity index (χ0n) is 16.4. The van der Waals surface area contributed by atoms with Crippen molar-refractivity contribution in [3.63, 3.8) is 0 Å². The van der Waals surface area contributed by atoms with Crippen molar-refractivity contribution in [1.29, 1.82) is 0 Å². The Morgan fingerprint density at radius 3 is 2.32 bits per heavy atom. The van der Waals surface area contributed by atoms with E-state index in [1.54, 1.807) is 0 Å². The van der Waals surface area contributed by atoms with Crippen molar-refractivity contribution in [3.05, 3.63) is 42.0 Å². The van der Waals surface area contributed by atoms with Crippen LogP contribution in [0.5, 0.6) is 0 Å². The number of halogens is 1. The molecule has 25 heavy (non-hydrogen) atoms. The molecule has 0 saturated carbocycles. The molecule has 0 spiro atoms. The van der Waals surface area contributed by atoms with Gasteiger partial charge in [0, 0.05) is 0 Å². The second kappa shape index (κ2) is 9.86. The van der Waals surface area contributed by atoms with E-state index in [4.69, 9.17) is 16.3 Å². The van der Waals surface area contributed by atoms with Gasteiger partial charge in [0.05, 0.1) is 0 Å². The number of carbonyl (C=O) groups excluding carboxylic acids is 1. The number of amides is 1. The molecule has 0 radical (unpaired) electrons. The van der Waals surface area contributed by atoms with Gasteiger partial charge in [-0.2, -0.15) is 0 Å². The molecule has 0 aliphatic carbocycles. The maximum atomic E-state index is 12.8. The molecule has 1 aromatic rings. The Balaban J connectivity index is 3.11. The van der Waals surface area contributed by atoms with Crippen LogP contribution >= 0.6 is 11.6 Å². The monoisotopic (exact) mass is 473 g/mol. The molecule has 0 aliphatic rings. The van der Waals surface area contributed by atoms with E-state index in [0.29, 0.717) is 12.4 Å². The van der Waals surface area contributed by atoms with Crippen LogP contribution in [-0.2, 0) is 4.74 Å². The van der Waals surface area contributed by atoms with Crippen LogP contribution in [0.25, 0.3) is 6.08 Å². The standard InChI is InChI=1S/C17H23ClNO2.3CH3.Sn/c1-17(2,3)21-16(20)19(14-8-12-18)13-7-11-15-9-5-4-6-10-15;;;;/h4-7,9-11,13H,8,12,14H2,1-3H3;3*1H3;/b11-7+;;;;. The van der Waals surface area contributed by atoms with Gasteiger partial charge in [-0.1, -0.05) is 0 Å². The number of hydrogen-bond acceptors (Lipinski definition) is 2. The number of carbonyl (C=O) groups is 1. The Bertz CT molecular complexity index is 561. The predicted octanol–water partition coefficient (Wildman–Crippen LogP) is 5.81. The molecule has 0 N–H and O–H groups in total. The molecule has 0 fully saturated rings. The zero-order valence-corrected chi connectivity index (χ0v) is 20.0. The van der Waals surface area contributed by atoms with Gasteiger partial charge in [0.1, 0.15) is 0 Å². The number of rotatable bonds is 7. The molecule has 0 saturated heterocycles. The summed E-state index contributed by atoms with van der Waals surface area (Å²) in [5.74, 6) is 0.536. The van der Waals surface area contributed by atoms with Gasteiger partial charge < -0.3 is 0 Å². The van der Waals surface area contributed by atoms with Gasteiger partial charge >= 0.3 is 163 Å². The Morgan fingerprint density at radius 1 is 1.24 bits per heavy atom. The van der Waals surface area contributed by atoms with Crippen molar-refractivity contribution >= 4 is 42.1 Å². The molecule has 1 aromatic carbocycles. The van der Waals surface area contributed by atoms with Gasteiger partial charge in [0.15, 0.2) is 0 Å². The minimum absolute atomic E-state index is 0.118. The van der Waals surface area contributed by atoms with Crippen LogP contribution in [0.3, 0.4) is 0 Å². The molecule has 0 bridgehead atoms. The summed E-state index contributed by atoms with van der Waals surface area (Å²) in [5, 5.41) is 0. The maximum absolute atomic E-state index is 12.8. The second-order valence-corrected chi connectivity index (χ2v) is 23.9. The average Bonchev–Trinajstić information content (AvgIpc) is 2.48. The van der Waals surface area contributed by atoms with Crippen LogP contribution < -0.4 is 0 Å². The molecular formula is C20H32ClNO2Sn. The third-order valence-corrected chi connectivity index (χ3v) is 10.4. The summed E-state index contributed by atoms with van der Waals surface area (Å²) in [5.41, 5.74) is 0.640. The molecule has 1 unspecified atom stereocenters. The van der Waals surface area contributed by atoms with E-state index in [2.05, 4.69) is 39.1 Å². The fourth-order valence-corrected chi connectivity index (χ4v) is 7.90. The van der Waals surface area contributed by atoms with E-state index < -0.39 is 24.0 Å². The van der Waals surface area contributed by atoms with Crippen LogP contribution in [0.4, 0.5) is 4.79 Å². The first kappa shape index (κ1) is 22.4. The number of benzene rings is 1. The summed E-state index contributed by atoms with van der Waals surface area (Å²) in [4.78, 5) is 21.7. The van der Waals surface area contributed by atoms with Gasteiger partial charge in [0.2, 0.25) is 0 Å². The van der Waals surface area contributed by atoms with E-state index in [9.17, 15) is 4.79 Å². The minimum atomic E-state index is -2.50. The predicted molar refractivity (Wildman–Crippen MR) is 111 cm³/mol. The average molecular weight is 473 g/mol. The first-order valence-corrected chi connectivity index (χ1v) is 19.6. The first-order chi connectivity index (χ1) is 11.5. The number of alkyl halides is 1. The van der Waals surface area contributed by atoms with Crippen molar-refractivity contribution < 1.29 is 9.53 Å². The normalized spacial score (nSPS) is 13.7. The van der Waals surface area contributed by atoms with E-state index in [1.807, 2.05) is 43.9 Å². The van der Waals surface area contributed by atoms with E-state index in [0.717, 1.165) is 12.0 Å². The molecule has 1 atom stereocenters. The van der Waals surface area contributed by atoms with Crippen LogP contribution in [-0.4, -0.2) is 51.5 Å². The van der Waals surface area contributed by atoms with Crippen molar-refractivity contribution in [1.82, 2.24) is 4.90 Å². The molecule has 3 nitrogen and oxygen atoms in total.